The molecule has 0 amide bonds. The van der Waals surface area contributed by atoms with Crippen LogP contribution in [0.3, 0.4) is 0 Å². The Kier molecular flexibility index (Phi) is 4.19. The number of halogens is 3. The van der Waals surface area contributed by atoms with E-state index in [-0.39, 0.29) is 0 Å². The molecule has 1 heterocycles. The molecule has 102 valence electrons. The molecule has 2 rings (SSSR count). The van der Waals surface area contributed by atoms with E-state index in [1.54, 1.807) is 0 Å². The SMILES string of the molecule is CCn1nc(C)c(Br)c1CNc1cc(F)cc(F)c1. The lowest BCUT2D eigenvalue weighted by Gasteiger charge is -2.09. The summed E-state index contributed by atoms with van der Waals surface area (Å²) in [5, 5.41) is 7.36. The summed E-state index contributed by atoms with van der Waals surface area (Å²) in [6.45, 7) is 5.07. The van der Waals surface area contributed by atoms with E-state index in [2.05, 4.69) is 26.3 Å². The van der Waals surface area contributed by atoms with Crippen LogP contribution < -0.4 is 5.32 Å². The molecule has 0 saturated heterocycles. The molecular weight excluding hydrogens is 316 g/mol. The van der Waals surface area contributed by atoms with Crippen molar-refractivity contribution in [1.29, 1.82) is 0 Å². The summed E-state index contributed by atoms with van der Waals surface area (Å²) in [5.74, 6) is -1.19. The molecule has 19 heavy (non-hydrogen) atoms. The van der Waals surface area contributed by atoms with Crippen LogP contribution in [0.15, 0.2) is 22.7 Å². The van der Waals surface area contributed by atoms with E-state index >= 15 is 0 Å². The molecule has 6 heteroatoms. The van der Waals surface area contributed by atoms with Gasteiger partial charge in [-0.15, -0.1) is 0 Å². The Labute approximate surface area is 118 Å². The van der Waals surface area contributed by atoms with Crippen molar-refractivity contribution in [1.82, 2.24) is 9.78 Å². The van der Waals surface area contributed by atoms with Crippen molar-refractivity contribution in [3.8, 4) is 0 Å². The second kappa shape index (κ2) is 5.69. The highest BCUT2D eigenvalue weighted by Gasteiger charge is 2.11. The predicted octanol–water partition coefficient (Wildman–Crippen LogP) is 3.86. The highest BCUT2D eigenvalue weighted by atomic mass is 79.9. The molecule has 0 saturated carbocycles. The number of aromatic nitrogens is 2. The van der Waals surface area contributed by atoms with E-state index in [1.807, 2.05) is 18.5 Å². The van der Waals surface area contributed by atoms with Gasteiger partial charge in [0.05, 0.1) is 22.4 Å². The van der Waals surface area contributed by atoms with Crippen LogP contribution in [0.2, 0.25) is 0 Å². The standard InChI is InChI=1S/C13H14BrF2N3/c1-3-19-12(13(14)8(2)18-19)7-17-11-5-9(15)4-10(16)6-11/h4-6,17H,3,7H2,1-2H3. The first-order valence-electron chi connectivity index (χ1n) is 5.93. The molecule has 0 bridgehead atoms. The molecule has 1 N–H and O–H groups in total. The van der Waals surface area contributed by atoms with Crippen molar-refractivity contribution >= 4 is 21.6 Å². The fraction of sp³-hybridized carbons (Fsp3) is 0.308. The van der Waals surface area contributed by atoms with Crippen LogP contribution in [0.25, 0.3) is 0 Å². The minimum atomic E-state index is -0.596. The predicted molar refractivity (Wildman–Crippen MR) is 74.0 cm³/mol. The molecule has 0 unspecified atom stereocenters. The fourth-order valence-electron chi connectivity index (χ4n) is 1.88. The van der Waals surface area contributed by atoms with Gasteiger partial charge in [-0.3, -0.25) is 4.68 Å². The zero-order valence-corrected chi connectivity index (χ0v) is 12.3. The highest BCUT2D eigenvalue weighted by Crippen LogP contribution is 2.22. The number of aryl methyl sites for hydroxylation is 2. The summed E-state index contributed by atoms with van der Waals surface area (Å²) in [6, 6.07) is 3.37. The summed E-state index contributed by atoms with van der Waals surface area (Å²) >= 11 is 3.47. The summed E-state index contributed by atoms with van der Waals surface area (Å²) in [4.78, 5) is 0. The highest BCUT2D eigenvalue weighted by molar-refractivity contribution is 9.10. The zero-order valence-electron chi connectivity index (χ0n) is 10.7. The van der Waals surface area contributed by atoms with E-state index in [0.29, 0.717) is 12.2 Å². The molecule has 0 spiro atoms. The van der Waals surface area contributed by atoms with Gasteiger partial charge in [0.1, 0.15) is 11.6 Å². The first-order valence-corrected chi connectivity index (χ1v) is 6.72. The van der Waals surface area contributed by atoms with Gasteiger partial charge in [0, 0.05) is 18.3 Å². The van der Waals surface area contributed by atoms with Gasteiger partial charge in [-0.1, -0.05) is 0 Å². The number of anilines is 1. The van der Waals surface area contributed by atoms with Gasteiger partial charge < -0.3 is 5.32 Å². The Bertz CT molecular complexity index is 576. The lowest BCUT2D eigenvalue weighted by Crippen LogP contribution is -2.08. The molecule has 0 aliphatic rings. The molecule has 0 aliphatic heterocycles. The first-order chi connectivity index (χ1) is 9.01. The van der Waals surface area contributed by atoms with Gasteiger partial charge in [-0.25, -0.2) is 8.78 Å². The van der Waals surface area contributed by atoms with Crippen LogP contribution in [0.1, 0.15) is 18.3 Å². The van der Waals surface area contributed by atoms with Gasteiger partial charge in [0.15, 0.2) is 0 Å². The molecule has 3 nitrogen and oxygen atoms in total. The van der Waals surface area contributed by atoms with Crippen LogP contribution in [-0.2, 0) is 13.1 Å². The largest absolute Gasteiger partial charge is 0.379 e. The second-order valence-corrected chi connectivity index (χ2v) is 4.97. The Morgan fingerprint density at radius 2 is 1.89 bits per heavy atom. The van der Waals surface area contributed by atoms with E-state index < -0.39 is 11.6 Å². The Hall–Kier alpha value is -1.43. The third-order valence-corrected chi connectivity index (χ3v) is 3.81. The summed E-state index contributed by atoms with van der Waals surface area (Å²) < 4.78 is 28.9. The van der Waals surface area contributed by atoms with E-state index in [4.69, 9.17) is 0 Å². The Balaban J connectivity index is 2.18. The number of rotatable bonds is 4. The summed E-state index contributed by atoms with van der Waals surface area (Å²) in [5.41, 5.74) is 2.25. The maximum atomic E-state index is 13.1. The molecule has 0 aliphatic carbocycles. The number of hydrogen-bond acceptors (Lipinski definition) is 2. The summed E-state index contributed by atoms with van der Waals surface area (Å²) in [7, 11) is 0. The minimum Gasteiger partial charge on any atom is -0.379 e. The van der Waals surface area contributed by atoms with Gasteiger partial charge in [0.2, 0.25) is 0 Å². The van der Waals surface area contributed by atoms with Crippen molar-refractivity contribution in [3.05, 3.63) is 45.7 Å². The van der Waals surface area contributed by atoms with E-state index in [9.17, 15) is 8.78 Å². The van der Waals surface area contributed by atoms with Gasteiger partial charge in [-0.05, 0) is 41.9 Å². The molecule has 0 fully saturated rings. The van der Waals surface area contributed by atoms with Crippen LogP contribution in [0, 0.1) is 18.6 Å². The third-order valence-electron chi connectivity index (χ3n) is 2.78. The lowest BCUT2D eigenvalue weighted by atomic mass is 10.3. The third kappa shape index (κ3) is 3.12. The maximum Gasteiger partial charge on any atom is 0.128 e. The first kappa shape index (κ1) is 14.0. The monoisotopic (exact) mass is 329 g/mol. The van der Waals surface area contributed by atoms with Crippen molar-refractivity contribution in [2.45, 2.75) is 26.9 Å². The van der Waals surface area contributed by atoms with E-state index in [1.165, 1.54) is 12.1 Å². The zero-order chi connectivity index (χ0) is 14.0. The quantitative estimate of drug-likeness (QED) is 0.922. The molecule has 2 aromatic rings. The van der Waals surface area contributed by atoms with Crippen molar-refractivity contribution in [2.75, 3.05) is 5.32 Å². The minimum absolute atomic E-state index is 0.408. The average molecular weight is 330 g/mol. The average Bonchev–Trinajstić information content (AvgIpc) is 2.62. The van der Waals surface area contributed by atoms with Gasteiger partial charge >= 0.3 is 0 Å². The smallest absolute Gasteiger partial charge is 0.128 e. The van der Waals surface area contributed by atoms with Crippen molar-refractivity contribution < 1.29 is 8.78 Å². The van der Waals surface area contributed by atoms with Gasteiger partial charge in [-0.2, -0.15) is 5.10 Å². The number of benzene rings is 1. The van der Waals surface area contributed by atoms with Crippen LogP contribution in [-0.4, -0.2) is 9.78 Å². The van der Waals surface area contributed by atoms with Crippen molar-refractivity contribution in [2.24, 2.45) is 0 Å². The number of nitrogens with one attached hydrogen (secondary N) is 1. The normalized spacial score (nSPS) is 10.8. The van der Waals surface area contributed by atoms with Crippen molar-refractivity contribution in [3.63, 3.8) is 0 Å². The molecule has 1 aromatic carbocycles. The lowest BCUT2D eigenvalue weighted by molar-refractivity contribution is 0.583. The second-order valence-electron chi connectivity index (χ2n) is 4.17. The van der Waals surface area contributed by atoms with Gasteiger partial charge in [0.25, 0.3) is 0 Å². The molecule has 0 atom stereocenters. The summed E-state index contributed by atoms with van der Waals surface area (Å²) in [6.07, 6.45) is 0. The molecule has 1 aromatic heterocycles. The van der Waals surface area contributed by atoms with E-state index in [0.717, 1.165) is 28.5 Å². The number of hydrogen-bond donors (Lipinski definition) is 1. The fourth-order valence-corrected chi connectivity index (χ4v) is 2.30. The molecular formula is C13H14BrF2N3. The number of nitrogens with zero attached hydrogens (tertiary/aromatic N) is 2. The Morgan fingerprint density at radius 1 is 1.26 bits per heavy atom. The maximum absolute atomic E-state index is 13.1. The van der Waals surface area contributed by atoms with Crippen LogP contribution in [0.5, 0.6) is 0 Å². The Morgan fingerprint density at radius 3 is 2.47 bits per heavy atom. The molecule has 0 radical (unpaired) electrons. The van der Waals surface area contributed by atoms with Crippen LogP contribution >= 0.6 is 15.9 Å². The van der Waals surface area contributed by atoms with Crippen LogP contribution in [0.4, 0.5) is 14.5 Å². The topological polar surface area (TPSA) is 29.9 Å².